The minimum atomic E-state index is -1.78. The molecule has 98 valence electrons. The Kier molecular flexibility index (Phi) is 9.10. The summed E-state index contributed by atoms with van der Waals surface area (Å²) in [7, 11) is 1.52. The van der Waals surface area contributed by atoms with Gasteiger partial charge in [-0.2, -0.15) is 0 Å². The van der Waals surface area contributed by atoms with Gasteiger partial charge in [-0.15, -0.1) is 0 Å². The van der Waals surface area contributed by atoms with Gasteiger partial charge in [-0.3, -0.25) is 0 Å². The molecule has 0 saturated heterocycles. The number of aliphatic hydroxyl groups excluding tert-OH is 1. The van der Waals surface area contributed by atoms with Crippen LogP contribution in [0.1, 0.15) is 19.8 Å². The molecule has 0 spiro atoms. The monoisotopic (exact) mass is 250 g/mol. The van der Waals surface area contributed by atoms with Gasteiger partial charge in [-0.25, -0.2) is 0 Å². The number of hydrogen-bond donors (Lipinski definition) is 3. The van der Waals surface area contributed by atoms with Crippen molar-refractivity contribution < 1.29 is 14.0 Å². The molecular weight excluding hydrogens is 224 g/mol. The van der Waals surface area contributed by atoms with Gasteiger partial charge in [0.05, 0.1) is 6.61 Å². The lowest BCUT2D eigenvalue weighted by molar-refractivity contribution is 0.174. The molecule has 0 rings (SSSR count). The molecule has 0 saturated carbocycles. The summed E-state index contributed by atoms with van der Waals surface area (Å²) in [5, 5.41) is 12.5. The van der Waals surface area contributed by atoms with E-state index < -0.39 is 9.28 Å². The molecule has 0 aliphatic carbocycles. The summed E-state index contributed by atoms with van der Waals surface area (Å²) < 4.78 is 10.7. The molecule has 0 heterocycles. The van der Waals surface area contributed by atoms with Crippen molar-refractivity contribution in [2.24, 2.45) is 5.73 Å². The van der Waals surface area contributed by atoms with E-state index in [0.29, 0.717) is 6.54 Å². The number of nitrogens with two attached hydrogens (primary N) is 1. The van der Waals surface area contributed by atoms with Crippen molar-refractivity contribution in [1.29, 1.82) is 0 Å². The highest BCUT2D eigenvalue weighted by Gasteiger charge is 2.36. The van der Waals surface area contributed by atoms with Crippen LogP contribution in [0, 0.1) is 0 Å². The van der Waals surface area contributed by atoms with Gasteiger partial charge in [0.25, 0.3) is 0 Å². The predicted molar refractivity (Wildman–Crippen MR) is 67.8 cm³/mol. The van der Waals surface area contributed by atoms with E-state index in [-0.39, 0.29) is 11.6 Å². The highest BCUT2D eigenvalue weighted by molar-refractivity contribution is 6.48. The molecule has 0 radical (unpaired) electrons. The minimum Gasteiger partial charge on any atom is -0.400 e. The van der Waals surface area contributed by atoms with Crippen LogP contribution >= 0.6 is 0 Å². The molecule has 0 aromatic rings. The molecule has 0 aliphatic heterocycles. The Morgan fingerprint density at radius 2 is 1.94 bits per heavy atom. The van der Waals surface area contributed by atoms with Crippen molar-refractivity contribution in [2.45, 2.75) is 24.8 Å². The van der Waals surface area contributed by atoms with Crippen molar-refractivity contribution in [3.8, 4) is 0 Å². The van der Waals surface area contributed by atoms with Gasteiger partial charge in [0.2, 0.25) is 0 Å². The van der Waals surface area contributed by atoms with E-state index in [0.717, 1.165) is 25.9 Å². The van der Waals surface area contributed by atoms with Crippen LogP contribution in [0.4, 0.5) is 0 Å². The maximum absolute atomic E-state index is 9.45. The molecule has 6 heteroatoms. The molecule has 5 nitrogen and oxygen atoms in total. The molecule has 0 amide bonds. The Hall–Kier alpha value is 0.0169. The second-order valence-electron chi connectivity index (χ2n) is 4.26. The summed E-state index contributed by atoms with van der Waals surface area (Å²) in [6.45, 7) is 4.56. The summed E-state index contributed by atoms with van der Waals surface area (Å²) in [5.74, 6) is 0. The number of nitrogens with one attached hydrogen (secondary N) is 1. The first kappa shape index (κ1) is 16.0. The maximum Gasteiger partial charge on any atom is 0.329 e. The Balaban J connectivity index is 3.95. The largest absolute Gasteiger partial charge is 0.400 e. The normalized spacial score (nSPS) is 15.4. The first-order chi connectivity index (χ1) is 7.64. The third-order valence-corrected chi connectivity index (χ3v) is 5.25. The molecule has 0 aliphatic rings. The molecule has 1 atom stereocenters. The fourth-order valence-electron chi connectivity index (χ4n) is 1.78. The van der Waals surface area contributed by atoms with Crippen LogP contribution in [-0.4, -0.2) is 54.9 Å². The Morgan fingerprint density at radius 1 is 1.31 bits per heavy atom. The van der Waals surface area contributed by atoms with Crippen LogP contribution in [0.2, 0.25) is 5.04 Å². The van der Waals surface area contributed by atoms with Gasteiger partial charge in [-0.05, 0) is 19.4 Å². The van der Waals surface area contributed by atoms with Gasteiger partial charge in [0, 0.05) is 32.3 Å². The summed E-state index contributed by atoms with van der Waals surface area (Å²) in [6, 6.07) is 0. The average Bonchev–Trinajstić information content (AvgIpc) is 2.30. The Morgan fingerprint density at radius 3 is 2.38 bits per heavy atom. The summed E-state index contributed by atoms with van der Waals surface area (Å²) in [4.78, 5) is 0. The third-order valence-electron chi connectivity index (χ3n) is 2.78. The van der Waals surface area contributed by atoms with Crippen LogP contribution in [0.5, 0.6) is 0 Å². The lowest BCUT2D eigenvalue weighted by Crippen LogP contribution is -2.38. The van der Waals surface area contributed by atoms with Gasteiger partial charge < -0.3 is 25.0 Å². The van der Waals surface area contributed by atoms with E-state index in [1.807, 2.05) is 6.92 Å². The minimum absolute atomic E-state index is 0.114. The van der Waals surface area contributed by atoms with E-state index >= 15 is 0 Å². The van der Waals surface area contributed by atoms with Gasteiger partial charge in [0.1, 0.15) is 0 Å². The Bertz CT molecular complexity index is 170. The van der Waals surface area contributed by atoms with Crippen molar-refractivity contribution in [3.63, 3.8) is 0 Å². The standard InChI is InChI=1S/C10H26N2O3Si/c1-10(9-13,16(14-2)15-3)5-4-7-12-8-6-11/h12-13,16H,4-9,11H2,1-3H3. The van der Waals surface area contributed by atoms with Crippen LogP contribution in [0.25, 0.3) is 0 Å². The quantitative estimate of drug-likeness (QED) is 0.363. The highest BCUT2D eigenvalue weighted by Crippen LogP contribution is 2.34. The first-order valence-electron chi connectivity index (χ1n) is 5.72. The lowest BCUT2D eigenvalue weighted by Gasteiger charge is -2.32. The molecule has 1 unspecified atom stereocenters. The smallest absolute Gasteiger partial charge is 0.329 e. The molecule has 0 aromatic heterocycles. The predicted octanol–water partition coefficient (Wildman–Crippen LogP) is -0.419. The average molecular weight is 250 g/mol. The second kappa shape index (κ2) is 9.09. The fourth-order valence-corrected chi connectivity index (χ4v) is 3.70. The molecule has 16 heavy (non-hydrogen) atoms. The number of rotatable bonds is 10. The van der Waals surface area contributed by atoms with E-state index in [4.69, 9.17) is 14.6 Å². The van der Waals surface area contributed by atoms with E-state index in [1.54, 1.807) is 14.2 Å². The summed E-state index contributed by atoms with van der Waals surface area (Å²) >= 11 is 0. The first-order valence-corrected chi connectivity index (χ1v) is 7.24. The molecule has 4 N–H and O–H groups in total. The van der Waals surface area contributed by atoms with Crippen LogP contribution in [0.3, 0.4) is 0 Å². The highest BCUT2D eigenvalue weighted by atomic mass is 28.3. The topological polar surface area (TPSA) is 76.7 Å². The van der Waals surface area contributed by atoms with Crippen molar-refractivity contribution in [3.05, 3.63) is 0 Å². The third kappa shape index (κ3) is 5.38. The van der Waals surface area contributed by atoms with Crippen LogP contribution in [-0.2, 0) is 8.85 Å². The summed E-state index contributed by atoms with van der Waals surface area (Å²) in [5.41, 5.74) is 5.38. The Labute approximate surface area is 100 Å². The molecule has 0 aromatic carbocycles. The zero-order valence-corrected chi connectivity index (χ0v) is 11.8. The fraction of sp³-hybridized carbons (Fsp3) is 1.00. The van der Waals surface area contributed by atoms with E-state index in [2.05, 4.69) is 5.32 Å². The van der Waals surface area contributed by atoms with E-state index in [9.17, 15) is 5.11 Å². The van der Waals surface area contributed by atoms with Crippen molar-refractivity contribution in [2.75, 3.05) is 40.5 Å². The van der Waals surface area contributed by atoms with E-state index in [1.165, 1.54) is 0 Å². The van der Waals surface area contributed by atoms with Crippen LogP contribution in [0.15, 0.2) is 0 Å². The van der Waals surface area contributed by atoms with Gasteiger partial charge >= 0.3 is 9.28 Å². The second-order valence-corrected chi connectivity index (χ2v) is 7.26. The maximum atomic E-state index is 9.45. The van der Waals surface area contributed by atoms with Crippen molar-refractivity contribution in [1.82, 2.24) is 5.32 Å². The van der Waals surface area contributed by atoms with Crippen LogP contribution < -0.4 is 11.1 Å². The molecule has 0 fully saturated rings. The molecule has 0 bridgehead atoms. The van der Waals surface area contributed by atoms with Crippen molar-refractivity contribution >= 4 is 9.28 Å². The summed E-state index contributed by atoms with van der Waals surface area (Å²) in [6.07, 6.45) is 1.90. The SMILES string of the molecule is CO[SiH](OC)C(C)(CO)CCCNCCN. The number of aliphatic hydroxyl groups is 1. The number of hydrogen-bond acceptors (Lipinski definition) is 5. The lowest BCUT2D eigenvalue weighted by atomic mass is 10.1. The van der Waals surface area contributed by atoms with Gasteiger partial charge in [0.15, 0.2) is 0 Å². The zero-order valence-electron chi connectivity index (χ0n) is 10.7. The zero-order chi connectivity index (χ0) is 12.4. The molecular formula is C10H26N2O3Si. The van der Waals surface area contributed by atoms with Gasteiger partial charge in [-0.1, -0.05) is 6.92 Å².